The third-order valence-corrected chi connectivity index (χ3v) is 7.57. The number of aromatic amines is 1. The molecule has 0 saturated heterocycles. The van der Waals surface area contributed by atoms with Gasteiger partial charge in [-0.2, -0.15) is 5.10 Å². The lowest BCUT2D eigenvalue weighted by Gasteiger charge is -2.13. The molecule has 1 amide bonds. The van der Waals surface area contributed by atoms with Crippen LogP contribution in [0.25, 0.3) is 27.6 Å². The molecule has 0 bridgehead atoms. The minimum Gasteiger partial charge on any atom is -0.361 e. The first-order valence-corrected chi connectivity index (χ1v) is 12.7. The topological polar surface area (TPSA) is 97.6 Å². The van der Waals surface area contributed by atoms with Gasteiger partial charge in [0.05, 0.1) is 17.9 Å². The summed E-state index contributed by atoms with van der Waals surface area (Å²) in [4.78, 5) is 34.0. The van der Waals surface area contributed by atoms with Gasteiger partial charge >= 0.3 is 0 Å². The molecule has 0 radical (unpaired) electrons. The lowest BCUT2D eigenvalue weighted by molar-refractivity contribution is -0.121. The highest BCUT2D eigenvalue weighted by atomic mass is 35.5. The van der Waals surface area contributed by atoms with Crippen molar-refractivity contribution in [3.63, 3.8) is 0 Å². The zero-order valence-corrected chi connectivity index (χ0v) is 20.1. The molecule has 1 aliphatic heterocycles. The fourth-order valence-electron chi connectivity index (χ4n) is 4.54. The van der Waals surface area contributed by atoms with Crippen LogP contribution in [0.2, 0.25) is 5.02 Å². The van der Waals surface area contributed by atoms with Gasteiger partial charge in [0, 0.05) is 40.8 Å². The number of nitrogens with zero attached hydrogens (tertiary/aromatic N) is 4. The summed E-state index contributed by atoms with van der Waals surface area (Å²) in [7, 11) is 0. The highest BCUT2D eigenvalue weighted by Crippen LogP contribution is 2.33. The van der Waals surface area contributed by atoms with Crippen molar-refractivity contribution in [1.82, 2.24) is 29.6 Å². The highest BCUT2D eigenvalue weighted by molar-refractivity contribution is 7.99. The van der Waals surface area contributed by atoms with Gasteiger partial charge in [-0.3, -0.25) is 14.2 Å². The van der Waals surface area contributed by atoms with Gasteiger partial charge in [-0.25, -0.2) is 9.67 Å². The van der Waals surface area contributed by atoms with Crippen LogP contribution in [0.15, 0.2) is 70.9 Å². The molecule has 35 heavy (non-hydrogen) atoms. The number of H-pyrrole nitrogens is 1. The second kappa shape index (κ2) is 8.90. The van der Waals surface area contributed by atoms with Crippen LogP contribution in [0.4, 0.5) is 0 Å². The van der Waals surface area contributed by atoms with E-state index in [0.717, 1.165) is 17.6 Å². The van der Waals surface area contributed by atoms with Crippen molar-refractivity contribution in [2.45, 2.75) is 24.0 Å². The molecule has 10 heteroatoms. The molecule has 1 unspecified atom stereocenters. The maximum absolute atomic E-state index is 13.3. The number of fused-ring (bicyclic) bond motifs is 3. The van der Waals surface area contributed by atoms with E-state index in [1.807, 2.05) is 36.5 Å². The van der Waals surface area contributed by atoms with Crippen molar-refractivity contribution in [2.75, 3.05) is 12.3 Å². The van der Waals surface area contributed by atoms with Gasteiger partial charge in [0.1, 0.15) is 5.39 Å². The smallest absolute Gasteiger partial charge is 0.265 e. The van der Waals surface area contributed by atoms with Crippen LogP contribution in [0.3, 0.4) is 0 Å². The number of hydrogen-bond acceptors (Lipinski definition) is 5. The summed E-state index contributed by atoms with van der Waals surface area (Å²) >= 11 is 7.61. The Morgan fingerprint density at radius 2 is 2.09 bits per heavy atom. The van der Waals surface area contributed by atoms with Gasteiger partial charge in [0.2, 0.25) is 5.91 Å². The maximum atomic E-state index is 13.3. The largest absolute Gasteiger partial charge is 0.361 e. The number of halogens is 1. The predicted octanol–water partition coefficient (Wildman–Crippen LogP) is 4.11. The lowest BCUT2D eigenvalue weighted by Crippen LogP contribution is -2.31. The fraction of sp³-hybridized carbons (Fsp3) is 0.200. The van der Waals surface area contributed by atoms with Crippen molar-refractivity contribution < 1.29 is 4.79 Å². The molecule has 0 aliphatic carbocycles. The Morgan fingerprint density at radius 1 is 1.20 bits per heavy atom. The summed E-state index contributed by atoms with van der Waals surface area (Å²) in [6.07, 6.45) is 4.47. The van der Waals surface area contributed by atoms with Crippen molar-refractivity contribution in [3.05, 3.63) is 81.9 Å². The first-order valence-electron chi connectivity index (χ1n) is 11.3. The molecule has 6 rings (SSSR count). The van der Waals surface area contributed by atoms with Crippen LogP contribution >= 0.6 is 23.4 Å². The molecule has 0 saturated carbocycles. The minimum absolute atomic E-state index is 0.0788. The van der Waals surface area contributed by atoms with E-state index >= 15 is 0 Å². The standard InChI is InChI=1S/C25H21ClN6O2S/c26-16-4-3-5-17(10-16)32-23-20(13-29-32)24(34)31-18(14-35-25(31)30-23)11-22(33)27-9-8-15-12-28-21-7-2-1-6-19(15)21/h1-7,10,12-13,18,28H,8-9,11,14H2,(H,27,33). The van der Waals surface area contributed by atoms with Crippen LogP contribution in [-0.2, 0) is 11.2 Å². The predicted molar refractivity (Wildman–Crippen MR) is 138 cm³/mol. The molecule has 1 aliphatic rings. The molecule has 0 spiro atoms. The molecule has 4 heterocycles. The van der Waals surface area contributed by atoms with Gasteiger partial charge < -0.3 is 10.3 Å². The molecule has 1 atom stereocenters. The third-order valence-electron chi connectivity index (χ3n) is 6.24. The lowest BCUT2D eigenvalue weighted by atomic mass is 10.1. The summed E-state index contributed by atoms with van der Waals surface area (Å²) in [5.41, 5.74) is 3.30. The van der Waals surface area contributed by atoms with E-state index in [1.165, 1.54) is 28.9 Å². The third kappa shape index (κ3) is 4.00. The van der Waals surface area contributed by atoms with Gasteiger partial charge in [-0.15, -0.1) is 0 Å². The maximum Gasteiger partial charge on any atom is 0.265 e. The van der Waals surface area contributed by atoms with E-state index in [4.69, 9.17) is 16.6 Å². The van der Waals surface area contributed by atoms with Crippen LogP contribution in [-0.4, -0.2) is 42.5 Å². The van der Waals surface area contributed by atoms with Gasteiger partial charge in [-0.05, 0) is 36.2 Å². The van der Waals surface area contributed by atoms with Crippen LogP contribution in [0.1, 0.15) is 18.0 Å². The number of nitrogens with one attached hydrogen (secondary N) is 2. The molecular weight excluding hydrogens is 484 g/mol. The van der Waals surface area contributed by atoms with Gasteiger partial charge in [0.15, 0.2) is 10.8 Å². The van der Waals surface area contributed by atoms with E-state index in [1.54, 1.807) is 21.4 Å². The fourth-order valence-corrected chi connectivity index (χ4v) is 5.85. The van der Waals surface area contributed by atoms with Crippen molar-refractivity contribution in [2.24, 2.45) is 0 Å². The Balaban J connectivity index is 1.18. The van der Waals surface area contributed by atoms with E-state index < -0.39 is 0 Å². The highest BCUT2D eigenvalue weighted by Gasteiger charge is 2.29. The summed E-state index contributed by atoms with van der Waals surface area (Å²) in [6.45, 7) is 0.534. The van der Waals surface area contributed by atoms with E-state index in [2.05, 4.69) is 21.5 Å². The Morgan fingerprint density at radius 3 is 2.97 bits per heavy atom. The van der Waals surface area contributed by atoms with Gasteiger partial charge in [0.25, 0.3) is 5.56 Å². The number of benzene rings is 2. The molecule has 2 N–H and O–H groups in total. The van der Waals surface area contributed by atoms with E-state index in [9.17, 15) is 9.59 Å². The second-order valence-corrected chi connectivity index (χ2v) is 9.90. The first kappa shape index (κ1) is 21.9. The molecule has 8 nitrogen and oxygen atoms in total. The molecule has 0 fully saturated rings. The van der Waals surface area contributed by atoms with E-state index in [-0.39, 0.29) is 23.9 Å². The Bertz CT molecular complexity index is 1640. The molecule has 5 aromatic rings. The summed E-state index contributed by atoms with van der Waals surface area (Å²) in [5, 5.41) is 10.1. The summed E-state index contributed by atoms with van der Waals surface area (Å²) in [6, 6.07) is 15.1. The van der Waals surface area contributed by atoms with Crippen molar-refractivity contribution >= 4 is 51.2 Å². The van der Waals surface area contributed by atoms with Crippen LogP contribution < -0.4 is 10.9 Å². The molecule has 2 aromatic carbocycles. The molecule has 176 valence electrons. The average Bonchev–Trinajstić information content (AvgIpc) is 3.57. The quantitative estimate of drug-likeness (QED) is 0.339. The normalized spacial score (nSPS) is 15.1. The number of carbonyl (C=O) groups excluding carboxylic acids is 1. The number of aromatic nitrogens is 5. The number of amides is 1. The average molecular weight is 505 g/mol. The van der Waals surface area contributed by atoms with Crippen molar-refractivity contribution in [1.29, 1.82) is 0 Å². The number of thioether (sulfide) groups is 1. The number of rotatable bonds is 6. The van der Waals surface area contributed by atoms with Crippen molar-refractivity contribution in [3.8, 4) is 5.69 Å². The van der Waals surface area contributed by atoms with Gasteiger partial charge in [-0.1, -0.05) is 47.6 Å². The SMILES string of the molecule is O=C(CC1CSc2nc3c(cnn3-c3cccc(Cl)c3)c(=O)n21)NCCc1c[nH]c2ccccc12. The zero-order chi connectivity index (χ0) is 23.9. The summed E-state index contributed by atoms with van der Waals surface area (Å²) in [5.74, 6) is 0.542. The molecule has 3 aromatic heterocycles. The Hall–Kier alpha value is -3.56. The van der Waals surface area contributed by atoms with E-state index in [0.29, 0.717) is 33.5 Å². The number of para-hydroxylation sites is 1. The zero-order valence-electron chi connectivity index (χ0n) is 18.6. The minimum atomic E-state index is -0.248. The van der Waals surface area contributed by atoms with Crippen LogP contribution in [0.5, 0.6) is 0 Å². The first-order chi connectivity index (χ1) is 17.1. The second-order valence-electron chi connectivity index (χ2n) is 8.47. The number of carbonyl (C=O) groups is 1. The van der Waals surface area contributed by atoms with Crippen LogP contribution in [0, 0.1) is 0 Å². The summed E-state index contributed by atoms with van der Waals surface area (Å²) < 4.78 is 3.25. The molecular formula is C25H21ClN6O2S. The Labute approximate surface area is 209 Å². The monoisotopic (exact) mass is 504 g/mol. The Kier molecular flexibility index (Phi) is 5.58. The number of hydrogen-bond donors (Lipinski definition) is 2.